The lowest BCUT2D eigenvalue weighted by Crippen LogP contribution is -2.38. The Morgan fingerprint density at radius 2 is 1.80 bits per heavy atom. The van der Waals surface area contributed by atoms with Gasteiger partial charge in [0.25, 0.3) is 0 Å². The summed E-state index contributed by atoms with van der Waals surface area (Å²) in [5.74, 6) is 0.848. The van der Waals surface area contributed by atoms with E-state index in [4.69, 9.17) is 11.6 Å². The van der Waals surface area contributed by atoms with E-state index in [0.717, 1.165) is 12.1 Å². The third kappa shape index (κ3) is 5.58. The predicted molar refractivity (Wildman–Crippen MR) is 129 cm³/mol. The lowest BCUT2D eigenvalue weighted by atomic mass is 9.97. The number of nitrogens with zero attached hydrogens (tertiary/aromatic N) is 4. The van der Waals surface area contributed by atoms with E-state index in [-0.39, 0.29) is 23.9 Å². The largest absolute Gasteiger partial charge is 0.416 e. The number of aromatic nitrogens is 3. The normalized spacial score (nSPS) is 15.9. The molecule has 0 amide bonds. The molecule has 0 N–H and O–H groups in total. The molecular formula is C23H22ClF3N4O2S2. The van der Waals surface area contributed by atoms with Gasteiger partial charge in [-0.15, -0.1) is 16.8 Å². The SMILES string of the molecule is C=CCSc1nnc(C2CCN(S(=O)(=O)c3ccc(Cl)cc3)CC2)n1-c1cccc(C(F)(F)F)c1. The zero-order valence-corrected chi connectivity index (χ0v) is 20.8. The van der Waals surface area contributed by atoms with Gasteiger partial charge >= 0.3 is 6.18 Å². The smallest absolute Gasteiger partial charge is 0.274 e. The van der Waals surface area contributed by atoms with Gasteiger partial charge in [0, 0.05) is 29.8 Å². The Balaban J connectivity index is 1.61. The Kier molecular flexibility index (Phi) is 7.60. The highest BCUT2D eigenvalue weighted by Gasteiger charge is 2.34. The number of rotatable bonds is 7. The molecule has 1 saturated heterocycles. The molecule has 3 aromatic rings. The summed E-state index contributed by atoms with van der Waals surface area (Å²) >= 11 is 7.19. The summed E-state index contributed by atoms with van der Waals surface area (Å²) in [5.41, 5.74) is -0.458. The van der Waals surface area contributed by atoms with Crippen LogP contribution in [-0.4, -0.2) is 46.3 Å². The maximum atomic E-state index is 13.4. The molecule has 2 aromatic carbocycles. The number of benzene rings is 2. The van der Waals surface area contributed by atoms with Crippen LogP contribution in [0.2, 0.25) is 5.02 Å². The van der Waals surface area contributed by atoms with Crippen LogP contribution < -0.4 is 0 Å². The lowest BCUT2D eigenvalue weighted by molar-refractivity contribution is -0.137. The topological polar surface area (TPSA) is 68.1 Å². The Morgan fingerprint density at radius 3 is 2.43 bits per heavy atom. The summed E-state index contributed by atoms with van der Waals surface area (Å²) in [6, 6.07) is 11.0. The van der Waals surface area contributed by atoms with Gasteiger partial charge < -0.3 is 0 Å². The Morgan fingerprint density at radius 1 is 1.11 bits per heavy atom. The van der Waals surface area contributed by atoms with Crippen molar-refractivity contribution in [3.63, 3.8) is 0 Å². The second kappa shape index (κ2) is 10.3. The van der Waals surface area contributed by atoms with Crippen molar-refractivity contribution in [1.29, 1.82) is 0 Å². The molecule has 0 bridgehead atoms. The maximum Gasteiger partial charge on any atom is 0.416 e. The fourth-order valence-corrected chi connectivity index (χ4v) is 6.24. The average Bonchev–Trinajstić information content (AvgIpc) is 3.26. The van der Waals surface area contributed by atoms with E-state index in [9.17, 15) is 21.6 Å². The van der Waals surface area contributed by atoms with Crippen molar-refractivity contribution in [1.82, 2.24) is 19.1 Å². The number of thioether (sulfide) groups is 1. The van der Waals surface area contributed by atoms with Crippen LogP contribution in [0.1, 0.15) is 30.1 Å². The average molecular weight is 543 g/mol. The van der Waals surface area contributed by atoms with Crippen LogP contribution in [0.5, 0.6) is 0 Å². The van der Waals surface area contributed by atoms with Crippen molar-refractivity contribution in [3.05, 3.63) is 77.6 Å². The fraction of sp³-hybridized carbons (Fsp3) is 0.304. The van der Waals surface area contributed by atoms with Crippen LogP contribution in [0, 0.1) is 0 Å². The highest BCUT2D eigenvalue weighted by Crippen LogP contribution is 2.35. The van der Waals surface area contributed by atoms with Crippen molar-refractivity contribution in [2.75, 3.05) is 18.8 Å². The quantitative estimate of drug-likeness (QED) is 0.279. The number of piperidine rings is 1. The van der Waals surface area contributed by atoms with Crippen LogP contribution in [0.15, 0.2) is 71.2 Å². The van der Waals surface area contributed by atoms with Crippen molar-refractivity contribution in [2.24, 2.45) is 0 Å². The molecule has 0 aliphatic carbocycles. The molecule has 12 heteroatoms. The maximum absolute atomic E-state index is 13.4. The second-order valence-electron chi connectivity index (χ2n) is 7.96. The van der Waals surface area contributed by atoms with Crippen LogP contribution in [0.3, 0.4) is 0 Å². The molecule has 0 radical (unpaired) electrons. The number of alkyl halides is 3. The Labute approximate surface area is 210 Å². The highest BCUT2D eigenvalue weighted by atomic mass is 35.5. The van der Waals surface area contributed by atoms with Gasteiger partial charge in [0.1, 0.15) is 5.82 Å². The molecule has 6 nitrogen and oxygen atoms in total. The van der Waals surface area contributed by atoms with Crippen molar-refractivity contribution in [3.8, 4) is 5.69 Å². The first kappa shape index (κ1) is 25.7. The van der Waals surface area contributed by atoms with Crippen LogP contribution in [0.4, 0.5) is 13.2 Å². The van der Waals surface area contributed by atoms with E-state index in [1.165, 1.54) is 46.4 Å². The van der Waals surface area contributed by atoms with Gasteiger partial charge in [0.05, 0.1) is 16.1 Å². The van der Waals surface area contributed by atoms with Crippen LogP contribution in [-0.2, 0) is 16.2 Å². The summed E-state index contributed by atoms with van der Waals surface area (Å²) in [7, 11) is -3.68. The van der Waals surface area contributed by atoms with Crippen molar-refractivity contribution < 1.29 is 21.6 Å². The van der Waals surface area contributed by atoms with E-state index in [0.29, 0.717) is 40.3 Å². The molecule has 186 valence electrons. The monoisotopic (exact) mass is 542 g/mol. The predicted octanol–water partition coefficient (Wildman–Crippen LogP) is 5.79. The van der Waals surface area contributed by atoms with Crippen molar-refractivity contribution >= 4 is 33.4 Å². The molecule has 1 aliphatic heterocycles. The summed E-state index contributed by atoms with van der Waals surface area (Å²) in [5, 5.41) is 9.43. The van der Waals surface area contributed by atoms with Crippen LogP contribution in [0.25, 0.3) is 5.69 Å². The van der Waals surface area contributed by atoms with Gasteiger partial charge in [-0.05, 0) is 55.3 Å². The van der Waals surface area contributed by atoms with Gasteiger partial charge in [0.2, 0.25) is 10.0 Å². The zero-order valence-electron chi connectivity index (χ0n) is 18.4. The summed E-state index contributed by atoms with van der Waals surface area (Å²) in [6.07, 6.45) is -1.90. The molecule has 1 fully saturated rings. The molecule has 0 atom stereocenters. The molecule has 1 aromatic heterocycles. The first-order valence-corrected chi connectivity index (χ1v) is 13.5. The van der Waals surface area contributed by atoms with Crippen molar-refractivity contribution in [2.45, 2.75) is 35.0 Å². The lowest BCUT2D eigenvalue weighted by Gasteiger charge is -2.31. The van der Waals surface area contributed by atoms with Crippen LogP contribution >= 0.6 is 23.4 Å². The number of hydrogen-bond donors (Lipinski definition) is 0. The minimum atomic E-state index is -4.49. The molecule has 1 aliphatic rings. The standard InChI is InChI=1S/C23H22ClF3N4O2S2/c1-2-14-34-22-29-28-21(31(22)19-5-3-4-17(15-19)23(25,26)27)16-10-12-30(13-11-16)35(32,33)20-8-6-18(24)7-9-20/h2-9,15-16H,1,10-14H2. The summed E-state index contributed by atoms with van der Waals surface area (Å²) in [6.45, 7) is 4.19. The first-order chi connectivity index (χ1) is 16.6. The number of halogens is 4. The van der Waals surface area contributed by atoms with Gasteiger partial charge in [0.15, 0.2) is 5.16 Å². The van der Waals surface area contributed by atoms with Gasteiger partial charge in [-0.3, -0.25) is 4.57 Å². The third-order valence-corrected chi connectivity index (χ3v) is 8.78. The molecular weight excluding hydrogens is 521 g/mol. The minimum Gasteiger partial charge on any atom is -0.274 e. The molecule has 2 heterocycles. The second-order valence-corrected chi connectivity index (χ2v) is 11.3. The number of hydrogen-bond acceptors (Lipinski definition) is 5. The van der Waals surface area contributed by atoms with E-state index >= 15 is 0 Å². The minimum absolute atomic E-state index is 0.163. The molecule has 4 rings (SSSR count). The summed E-state index contributed by atoms with van der Waals surface area (Å²) in [4.78, 5) is 0.163. The van der Waals surface area contributed by atoms with E-state index in [1.54, 1.807) is 16.7 Å². The Hall–Kier alpha value is -2.34. The molecule has 0 spiro atoms. The van der Waals surface area contributed by atoms with E-state index in [1.807, 2.05) is 0 Å². The molecule has 0 saturated carbocycles. The third-order valence-electron chi connectivity index (χ3n) is 5.69. The van der Waals surface area contributed by atoms with E-state index in [2.05, 4.69) is 16.8 Å². The summed E-state index contributed by atoms with van der Waals surface area (Å²) < 4.78 is 69.1. The van der Waals surface area contributed by atoms with E-state index < -0.39 is 21.8 Å². The van der Waals surface area contributed by atoms with Gasteiger partial charge in [-0.25, -0.2) is 8.42 Å². The molecule has 35 heavy (non-hydrogen) atoms. The van der Waals surface area contributed by atoms with Gasteiger partial charge in [-0.2, -0.15) is 17.5 Å². The number of sulfonamides is 1. The highest BCUT2D eigenvalue weighted by molar-refractivity contribution is 7.99. The van der Waals surface area contributed by atoms with Gasteiger partial charge in [-0.1, -0.05) is 35.5 Å². The Bertz CT molecular complexity index is 1300. The first-order valence-electron chi connectivity index (χ1n) is 10.7. The molecule has 0 unspecified atom stereocenters. The fourth-order valence-electron chi connectivity index (χ4n) is 3.95. The zero-order chi connectivity index (χ0) is 25.2.